The van der Waals surface area contributed by atoms with Gasteiger partial charge in [-0.15, -0.1) is 0 Å². The molecule has 0 aromatic heterocycles. The number of carbonyl (C=O) groups is 4. The molecule has 104 heavy (non-hydrogen) atoms. The molecule has 0 saturated carbocycles. The predicted molar refractivity (Wildman–Crippen MR) is 426 cm³/mol. The number of hydrogen-bond donors (Lipinski definition) is 3. The minimum absolute atomic E-state index is 0.0281. The summed E-state index contributed by atoms with van der Waals surface area (Å²) in [4.78, 5) is 72.9. The quantitative estimate of drug-likeness (QED) is 0.0169. The van der Waals surface area contributed by atoms with E-state index in [9.17, 15) is 43.2 Å². The van der Waals surface area contributed by atoms with Gasteiger partial charge in [-0.2, -0.15) is 0 Å². The summed E-state index contributed by atoms with van der Waals surface area (Å²) in [5.74, 6) is -2.40. The topological polar surface area (TPSA) is 237 Å². The fraction of sp³-hybridized carbons (Fsp3) is 0.624. The van der Waals surface area contributed by atoms with Crippen molar-refractivity contribution in [1.82, 2.24) is 0 Å². The number of hydrogen-bond acceptors (Lipinski definition) is 15. The second kappa shape index (κ2) is 75.6. The average molecular weight is 1490 g/mol. The van der Waals surface area contributed by atoms with Crippen molar-refractivity contribution in [1.29, 1.82) is 0 Å². The molecule has 17 nitrogen and oxygen atoms in total. The molecule has 0 bridgehead atoms. The third-order valence-corrected chi connectivity index (χ3v) is 17.6. The molecular weight excluding hydrogens is 1350 g/mol. The Bertz CT molecular complexity index is 2460. The summed E-state index contributed by atoms with van der Waals surface area (Å²) in [7, 11) is -10.0. The number of rotatable bonds is 72. The molecule has 0 spiro atoms. The normalized spacial score (nSPS) is 14.8. The molecule has 0 aliphatic rings. The highest BCUT2D eigenvalue weighted by atomic mass is 31.2. The minimum atomic E-state index is -5.01. The van der Waals surface area contributed by atoms with Gasteiger partial charge in [0.05, 0.1) is 26.4 Å². The molecule has 0 rings (SSSR count). The monoisotopic (exact) mass is 1490 g/mol. The minimum Gasteiger partial charge on any atom is -0.462 e. The molecule has 0 saturated heterocycles. The summed E-state index contributed by atoms with van der Waals surface area (Å²) >= 11 is 0. The van der Waals surface area contributed by atoms with Crippen molar-refractivity contribution in [3.05, 3.63) is 170 Å². The van der Waals surface area contributed by atoms with Gasteiger partial charge >= 0.3 is 39.5 Å². The number of unbranched alkanes of at least 4 members (excludes halogenated alkanes) is 18. The van der Waals surface area contributed by atoms with E-state index in [0.717, 1.165) is 141 Å². The smallest absolute Gasteiger partial charge is 0.462 e. The van der Waals surface area contributed by atoms with E-state index >= 15 is 0 Å². The predicted octanol–water partition coefficient (Wildman–Crippen LogP) is 23.0. The van der Waals surface area contributed by atoms with E-state index in [2.05, 4.69) is 161 Å². The maximum absolute atomic E-state index is 13.1. The van der Waals surface area contributed by atoms with E-state index in [0.29, 0.717) is 38.5 Å². The summed E-state index contributed by atoms with van der Waals surface area (Å²) in [6.45, 7) is 4.40. The number of phosphoric ester groups is 2. The van der Waals surface area contributed by atoms with Gasteiger partial charge in [0.1, 0.15) is 19.3 Å². The van der Waals surface area contributed by atoms with Crippen LogP contribution in [0.5, 0.6) is 0 Å². The van der Waals surface area contributed by atoms with E-state index < -0.39 is 97.5 Å². The van der Waals surface area contributed by atoms with Crippen molar-refractivity contribution in [3.8, 4) is 0 Å². The Labute approximate surface area is 629 Å². The van der Waals surface area contributed by atoms with Gasteiger partial charge < -0.3 is 33.8 Å². The second-order valence-electron chi connectivity index (χ2n) is 25.5. The Kier molecular flexibility index (Phi) is 71.6. The highest BCUT2D eigenvalue weighted by Crippen LogP contribution is 2.45. The van der Waals surface area contributed by atoms with Crippen LogP contribution in [0.15, 0.2) is 170 Å². The van der Waals surface area contributed by atoms with Gasteiger partial charge in [0.2, 0.25) is 0 Å². The summed E-state index contributed by atoms with van der Waals surface area (Å²) < 4.78 is 68.4. The van der Waals surface area contributed by atoms with Gasteiger partial charge in [-0.3, -0.25) is 37.3 Å². The number of aliphatic hydroxyl groups excluding tert-OH is 1. The van der Waals surface area contributed by atoms with Crippen molar-refractivity contribution in [3.63, 3.8) is 0 Å². The summed E-state index contributed by atoms with van der Waals surface area (Å²) in [5, 5.41) is 10.6. The average Bonchev–Trinajstić information content (AvgIpc) is 0.913. The SMILES string of the molecule is CC/C=C\C/C=C\C/C=C\C/C=C\C/C=C\C/C=C\CCC(=O)OCC(COP(=O)(O)OCC(O)COP(=O)(O)OCC(COC(=O)CC/C=C\C/C=C\C/C=C\C/C=C\C/C=C\C/C=C\CC)OC(=O)CCCCCCC/C=C\CCCCCC)OC(=O)CCCCCCC/C=C\CCCCCC. The third kappa shape index (κ3) is 74.7. The highest BCUT2D eigenvalue weighted by molar-refractivity contribution is 7.47. The van der Waals surface area contributed by atoms with E-state index in [1.807, 2.05) is 36.5 Å². The number of phosphoric acid groups is 2. The number of ether oxygens (including phenoxy) is 4. The van der Waals surface area contributed by atoms with Crippen LogP contribution in [-0.4, -0.2) is 96.7 Å². The van der Waals surface area contributed by atoms with Gasteiger partial charge in [0.25, 0.3) is 0 Å². The van der Waals surface area contributed by atoms with Crippen LogP contribution in [0.3, 0.4) is 0 Å². The van der Waals surface area contributed by atoms with Crippen LogP contribution >= 0.6 is 15.6 Å². The van der Waals surface area contributed by atoms with E-state index in [4.69, 9.17) is 37.0 Å². The molecule has 0 aliphatic carbocycles. The zero-order valence-corrected chi connectivity index (χ0v) is 66.2. The van der Waals surface area contributed by atoms with E-state index in [1.165, 1.54) is 51.4 Å². The van der Waals surface area contributed by atoms with E-state index in [-0.39, 0.29) is 25.7 Å². The number of allylic oxidation sites excluding steroid dienone is 28. The number of esters is 4. The molecule has 590 valence electrons. The van der Waals surface area contributed by atoms with Gasteiger partial charge in [-0.25, -0.2) is 9.13 Å². The lowest BCUT2D eigenvalue weighted by atomic mass is 10.1. The zero-order chi connectivity index (χ0) is 76.0. The Morgan fingerprint density at radius 1 is 0.279 bits per heavy atom. The maximum atomic E-state index is 13.1. The molecule has 0 fully saturated rings. The fourth-order valence-electron chi connectivity index (χ4n) is 9.73. The molecular formula is C85H138O17P2. The van der Waals surface area contributed by atoms with Crippen molar-refractivity contribution in [2.45, 2.75) is 303 Å². The van der Waals surface area contributed by atoms with Crippen LogP contribution in [0.1, 0.15) is 285 Å². The molecule has 19 heteroatoms. The first-order valence-electron chi connectivity index (χ1n) is 39.4. The van der Waals surface area contributed by atoms with Crippen LogP contribution < -0.4 is 0 Å². The lowest BCUT2D eigenvalue weighted by Gasteiger charge is -2.21. The van der Waals surface area contributed by atoms with Crippen molar-refractivity contribution in [2.75, 3.05) is 39.6 Å². The molecule has 4 atom stereocenters. The van der Waals surface area contributed by atoms with Crippen LogP contribution in [-0.2, 0) is 65.4 Å². The van der Waals surface area contributed by atoms with Crippen LogP contribution in [0, 0.1) is 0 Å². The second-order valence-corrected chi connectivity index (χ2v) is 28.4. The Balaban J connectivity index is 5.48. The first-order valence-corrected chi connectivity index (χ1v) is 42.4. The first kappa shape index (κ1) is 98.4. The lowest BCUT2D eigenvalue weighted by Crippen LogP contribution is -2.30. The molecule has 0 aromatic rings. The van der Waals surface area contributed by atoms with Crippen LogP contribution in [0.2, 0.25) is 0 Å². The Morgan fingerprint density at radius 3 is 0.808 bits per heavy atom. The highest BCUT2D eigenvalue weighted by Gasteiger charge is 2.30. The largest absolute Gasteiger partial charge is 0.472 e. The summed E-state index contributed by atoms with van der Waals surface area (Å²) in [6, 6.07) is 0. The molecule has 0 radical (unpaired) electrons. The molecule has 4 unspecified atom stereocenters. The van der Waals surface area contributed by atoms with Crippen LogP contribution in [0.4, 0.5) is 0 Å². The third-order valence-electron chi connectivity index (χ3n) is 15.7. The van der Waals surface area contributed by atoms with Crippen molar-refractivity contribution < 1.29 is 80.2 Å². The van der Waals surface area contributed by atoms with Gasteiger partial charge in [-0.05, 0) is 154 Å². The number of carbonyl (C=O) groups excluding carboxylic acids is 4. The van der Waals surface area contributed by atoms with Crippen molar-refractivity contribution >= 4 is 39.5 Å². The maximum Gasteiger partial charge on any atom is 0.472 e. The van der Waals surface area contributed by atoms with Crippen LogP contribution in [0.25, 0.3) is 0 Å². The molecule has 0 aromatic carbocycles. The Hall–Kier alpha value is -5.58. The summed E-state index contributed by atoms with van der Waals surface area (Å²) in [5.41, 5.74) is 0. The molecule has 3 N–H and O–H groups in total. The molecule has 0 heterocycles. The van der Waals surface area contributed by atoms with Gasteiger partial charge in [0, 0.05) is 25.7 Å². The van der Waals surface area contributed by atoms with Gasteiger partial charge in [-0.1, -0.05) is 275 Å². The number of aliphatic hydroxyl groups is 1. The van der Waals surface area contributed by atoms with E-state index in [1.54, 1.807) is 0 Å². The lowest BCUT2D eigenvalue weighted by molar-refractivity contribution is -0.161. The zero-order valence-electron chi connectivity index (χ0n) is 64.4. The molecule has 0 amide bonds. The Morgan fingerprint density at radius 2 is 0.519 bits per heavy atom. The molecule has 0 aliphatic heterocycles. The fourth-order valence-corrected chi connectivity index (χ4v) is 11.3. The van der Waals surface area contributed by atoms with Gasteiger partial charge in [0.15, 0.2) is 12.2 Å². The summed E-state index contributed by atoms with van der Waals surface area (Å²) in [6.07, 6.45) is 89.4. The first-order chi connectivity index (χ1) is 50.7. The van der Waals surface area contributed by atoms with Crippen molar-refractivity contribution in [2.24, 2.45) is 0 Å². The standard InChI is InChI=1S/C85H138O17P2/c1-5-9-13-17-21-25-29-33-35-37-39-41-43-47-49-53-57-61-65-69-82(87)95-75-80(101-84(89)71-67-63-59-55-51-45-31-27-23-19-15-11-7-3)77-99-103(91,92)97-73-79(86)74-98-104(93,94)100-78-81(102-85(90)72-68-64-60-56-52-46-32-28-24-20-16-12-8-4)76-96-83(88)70-66-62-58-54-50-48-44-42-40-38-36-34-30-26-22-18-14-10-6-2/h9-10,13-14,21-22,25-28,31-36,39-42,47-50,57-58,61-62,79-81,86H,5-8,11-12,15-20,23-24,29-30,37-38,43-46,51-56,59-60,63-78H2,1-4H3,(H,91,92)(H,93,94)/b13-9-,14-10-,25-21-,26-22-,31-27-,32-28-,35-33-,36-34-,41-39-,42-40-,49-47-,50-48-,61-57-,62-58-.